The van der Waals surface area contributed by atoms with Gasteiger partial charge in [-0.05, 0) is 24.6 Å². The van der Waals surface area contributed by atoms with Crippen molar-refractivity contribution in [3.8, 4) is 0 Å². The van der Waals surface area contributed by atoms with Crippen molar-refractivity contribution in [2.45, 2.75) is 25.1 Å². The van der Waals surface area contributed by atoms with Crippen molar-refractivity contribution in [3.63, 3.8) is 0 Å². The largest absolute Gasteiger partial charge is 0.478 e. The van der Waals surface area contributed by atoms with Gasteiger partial charge in [-0.25, -0.2) is 4.79 Å². The van der Waals surface area contributed by atoms with Crippen molar-refractivity contribution in [3.05, 3.63) is 35.7 Å². The molecule has 1 aromatic heterocycles. The van der Waals surface area contributed by atoms with Crippen LogP contribution in [-0.2, 0) is 4.79 Å². The molecule has 1 aromatic rings. The highest BCUT2D eigenvalue weighted by Crippen LogP contribution is 2.25. The van der Waals surface area contributed by atoms with Crippen LogP contribution in [0.1, 0.15) is 29.9 Å². The van der Waals surface area contributed by atoms with Crippen LogP contribution in [0.4, 0.5) is 0 Å². The molecule has 2 unspecified atom stereocenters. The molecule has 112 valence electrons. The lowest BCUT2D eigenvalue weighted by Crippen LogP contribution is -2.48. The van der Waals surface area contributed by atoms with Gasteiger partial charge >= 0.3 is 5.97 Å². The molecule has 0 radical (unpaired) electrons. The van der Waals surface area contributed by atoms with Gasteiger partial charge in [-0.1, -0.05) is 13.0 Å². The Labute approximate surface area is 128 Å². The van der Waals surface area contributed by atoms with Crippen LogP contribution >= 0.6 is 11.8 Å². The number of rotatable bonds is 3. The van der Waals surface area contributed by atoms with Gasteiger partial charge in [0.05, 0.1) is 0 Å². The second kappa shape index (κ2) is 6.76. The van der Waals surface area contributed by atoms with Crippen LogP contribution in [-0.4, -0.2) is 50.5 Å². The maximum Gasteiger partial charge on any atom is 0.328 e. The average molecular weight is 306 g/mol. The smallest absolute Gasteiger partial charge is 0.328 e. The Morgan fingerprint density at radius 3 is 2.81 bits per heavy atom. The van der Waals surface area contributed by atoms with Gasteiger partial charge in [-0.15, -0.1) is 0 Å². The number of carbonyl (C=O) groups is 2. The number of nitrogens with zero attached hydrogens (tertiary/aromatic N) is 2. The van der Waals surface area contributed by atoms with Crippen LogP contribution in [0, 0.1) is 0 Å². The van der Waals surface area contributed by atoms with Crippen LogP contribution in [0.2, 0.25) is 0 Å². The zero-order chi connectivity index (χ0) is 15.4. The lowest BCUT2D eigenvalue weighted by Gasteiger charge is -2.37. The third-order valence-corrected chi connectivity index (χ3v) is 4.91. The molecule has 1 N–H and O–H groups in total. The number of aromatic nitrogens is 1. The second-order valence-electron chi connectivity index (χ2n) is 4.96. The van der Waals surface area contributed by atoms with Gasteiger partial charge in [0.15, 0.2) is 0 Å². The zero-order valence-corrected chi connectivity index (χ0v) is 12.8. The minimum absolute atomic E-state index is 0.0663. The summed E-state index contributed by atoms with van der Waals surface area (Å²) in [4.78, 5) is 28.9. The van der Waals surface area contributed by atoms with Crippen LogP contribution in [0.5, 0.6) is 0 Å². The molecule has 0 bridgehead atoms. The van der Waals surface area contributed by atoms with E-state index in [-0.39, 0.29) is 11.9 Å². The summed E-state index contributed by atoms with van der Waals surface area (Å²) in [6.45, 7) is 4.91. The average Bonchev–Trinajstić information content (AvgIpc) is 2.48. The van der Waals surface area contributed by atoms with Crippen molar-refractivity contribution >= 4 is 29.7 Å². The third kappa shape index (κ3) is 3.85. The lowest BCUT2D eigenvalue weighted by atomic mass is 10.1. The van der Waals surface area contributed by atoms with Gasteiger partial charge in [0.2, 0.25) is 0 Å². The van der Waals surface area contributed by atoms with Crippen molar-refractivity contribution in [2.75, 3.05) is 12.3 Å². The molecule has 5 nitrogen and oxygen atoms in total. The molecular formula is C15H18N2O3S. The van der Waals surface area contributed by atoms with Gasteiger partial charge < -0.3 is 10.0 Å². The number of amides is 1. The van der Waals surface area contributed by atoms with E-state index in [0.717, 1.165) is 18.4 Å². The number of carboxylic acids is 1. The van der Waals surface area contributed by atoms with Crippen molar-refractivity contribution in [1.82, 2.24) is 9.88 Å². The van der Waals surface area contributed by atoms with Gasteiger partial charge in [0.1, 0.15) is 5.69 Å². The number of carboxylic acid groups (broad SMARTS) is 1. The number of thioether (sulfide) groups is 1. The summed E-state index contributed by atoms with van der Waals surface area (Å²) in [5.41, 5.74) is 1.05. The Kier molecular flexibility index (Phi) is 5.01. The van der Waals surface area contributed by atoms with Crippen LogP contribution < -0.4 is 0 Å². The van der Waals surface area contributed by atoms with Crippen LogP contribution in [0.3, 0.4) is 0 Å². The zero-order valence-electron chi connectivity index (χ0n) is 12.0. The predicted octanol–water partition coefficient (Wildman–Crippen LogP) is 2.15. The molecule has 2 atom stereocenters. The SMILES string of the molecule is CC1SCCN(C(=O)c2ccc(/C=C/C(=O)O)cn2)C1C. The van der Waals surface area contributed by atoms with Crippen molar-refractivity contribution in [1.29, 1.82) is 0 Å². The fourth-order valence-corrected chi connectivity index (χ4v) is 3.26. The first kappa shape index (κ1) is 15.6. The molecule has 1 aliphatic heterocycles. The molecule has 2 heterocycles. The molecule has 6 heteroatoms. The van der Waals surface area contributed by atoms with Crippen LogP contribution in [0.25, 0.3) is 6.08 Å². The topological polar surface area (TPSA) is 70.5 Å². The minimum atomic E-state index is -1.01. The van der Waals surface area contributed by atoms with E-state index in [1.54, 1.807) is 12.1 Å². The standard InChI is InChI=1S/C15H18N2O3S/c1-10-11(2)21-8-7-17(10)15(20)13-5-3-12(9-16-13)4-6-14(18)19/h3-6,9-11H,7-8H2,1-2H3,(H,18,19)/b6-4+. The minimum Gasteiger partial charge on any atom is -0.478 e. The lowest BCUT2D eigenvalue weighted by molar-refractivity contribution is -0.131. The second-order valence-corrected chi connectivity index (χ2v) is 6.45. The van der Waals surface area contributed by atoms with E-state index in [2.05, 4.69) is 18.8 Å². The summed E-state index contributed by atoms with van der Waals surface area (Å²) in [5.74, 6) is -0.136. The Balaban J connectivity index is 2.11. The van der Waals surface area contributed by atoms with Gasteiger partial charge in [-0.3, -0.25) is 9.78 Å². The highest BCUT2D eigenvalue weighted by atomic mass is 32.2. The number of aliphatic carboxylic acids is 1. The van der Waals surface area contributed by atoms with E-state index in [1.807, 2.05) is 16.7 Å². The Morgan fingerprint density at radius 1 is 1.43 bits per heavy atom. The molecule has 21 heavy (non-hydrogen) atoms. The highest BCUT2D eigenvalue weighted by Gasteiger charge is 2.29. The van der Waals surface area contributed by atoms with Gasteiger partial charge in [0.25, 0.3) is 5.91 Å². The number of pyridine rings is 1. The Morgan fingerprint density at radius 2 is 2.19 bits per heavy atom. The first-order valence-electron chi connectivity index (χ1n) is 6.78. The summed E-state index contributed by atoms with van der Waals surface area (Å²) < 4.78 is 0. The molecule has 1 amide bonds. The third-order valence-electron chi connectivity index (χ3n) is 3.57. The monoisotopic (exact) mass is 306 g/mol. The Bertz CT molecular complexity index is 557. The molecule has 0 spiro atoms. The normalized spacial score (nSPS) is 22.5. The summed E-state index contributed by atoms with van der Waals surface area (Å²) in [5, 5.41) is 8.99. The van der Waals surface area contributed by atoms with Gasteiger partial charge in [-0.2, -0.15) is 11.8 Å². The quantitative estimate of drug-likeness (QED) is 0.866. The molecule has 1 fully saturated rings. The fourth-order valence-electron chi connectivity index (χ4n) is 2.16. The first-order chi connectivity index (χ1) is 9.99. The number of hydrogen-bond acceptors (Lipinski definition) is 4. The molecule has 1 aliphatic rings. The van der Waals surface area contributed by atoms with Gasteiger partial charge in [0, 0.05) is 35.9 Å². The molecule has 1 saturated heterocycles. The van der Waals surface area contributed by atoms with E-state index in [4.69, 9.17) is 5.11 Å². The maximum atomic E-state index is 12.5. The van der Waals surface area contributed by atoms with E-state index >= 15 is 0 Å². The number of carbonyl (C=O) groups excluding carboxylic acids is 1. The Hall–Kier alpha value is -1.82. The summed E-state index contributed by atoms with van der Waals surface area (Å²) >= 11 is 1.88. The van der Waals surface area contributed by atoms with E-state index in [1.165, 1.54) is 12.3 Å². The van der Waals surface area contributed by atoms with Crippen molar-refractivity contribution in [2.24, 2.45) is 0 Å². The molecule has 0 aromatic carbocycles. The molecule has 0 aliphatic carbocycles. The maximum absolute atomic E-state index is 12.5. The molecular weight excluding hydrogens is 288 g/mol. The van der Waals surface area contributed by atoms with E-state index in [9.17, 15) is 9.59 Å². The van der Waals surface area contributed by atoms with E-state index < -0.39 is 5.97 Å². The van der Waals surface area contributed by atoms with Crippen molar-refractivity contribution < 1.29 is 14.7 Å². The predicted molar refractivity (Wildman–Crippen MR) is 83.3 cm³/mol. The van der Waals surface area contributed by atoms with E-state index in [0.29, 0.717) is 16.5 Å². The number of hydrogen-bond donors (Lipinski definition) is 1. The first-order valence-corrected chi connectivity index (χ1v) is 7.83. The highest BCUT2D eigenvalue weighted by molar-refractivity contribution is 8.00. The van der Waals surface area contributed by atoms with Crippen LogP contribution in [0.15, 0.2) is 24.4 Å². The summed E-state index contributed by atoms with van der Waals surface area (Å²) in [6.07, 6.45) is 4.01. The fraction of sp³-hybridized carbons (Fsp3) is 0.400. The summed E-state index contributed by atoms with van der Waals surface area (Å²) in [7, 11) is 0. The summed E-state index contributed by atoms with van der Waals surface area (Å²) in [6, 6.07) is 3.53. The molecule has 0 saturated carbocycles. The molecule has 2 rings (SSSR count).